The minimum atomic E-state index is -0.227. The number of benzene rings is 1. The van der Waals surface area contributed by atoms with Gasteiger partial charge in [-0.1, -0.05) is 0 Å². The lowest BCUT2D eigenvalue weighted by atomic mass is 10.0. The SMILES string of the molecule is CC(O)C1CCN(c2ccc(I)cc2N)C1. The fourth-order valence-electron chi connectivity index (χ4n) is 2.21. The highest BCUT2D eigenvalue weighted by Gasteiger charge is 2.26. The van der Waals surface area contributed by atoms with Crippen molar-refractivity contribution in [1.82, 2.24) is 0 Å². The van der Waals surface area contributed by atoms with Crippen molar-refractivity contribution in [3.63, 3.8) is 0 Å². The van der Waals surface area contributed by atoms with Crippen LogP contribution in [0.1, 0.15) is 13.3 Å². The van der Waals surface area contributed by atoms with Gasteiger partial charge in [-0.05, 0) is 54.1 Å². The zero-order valence-electron chi connectivity index (χ0n) is 9.36. The molecule has 0 amide bonds. The number of nitrogen functional groups attached to an aromatic ring is 1. The number of nitrogens with two attached hydrogens (primary N) is 1. The number of aliphatic hydroxyl groups excluding tert-OH is 1. The molecule has 2 rings (SSSR count). The minimum absolute atomic E-state index is 0.227. The van der Waals surface area contributed by atoms with Crippen LogP contribution in [0.5, 0.6) is 0 Å². The van der Waals surface area contributed by atoms with Crippen LogP contribution < -0.4 is 10.6 Å². The van der Waals surface area contributed by atoms with Crippen molar-refractivity contribution in [2.45, 2.75) is 19.4 Å². The van der Waals surface area contributed by atoms with E-state index in [1.165, 1.54) is 0 Å². The Kier molecular flexibility index (Phi) is 3.59. The van der Waals surface area contributed by atoms with Gasteiger partial charge in [-0.15, -0.1) is 0 Å². The van der Waals surface area contributed by atoms with E-state index in [1.807, 2.05) is 13.0 Å². The van der Waals surface area contributed by atoms with E-state index in [0.29, 0.717) is 5.92 Å². The first-order valence-electron chi connectivity index (χ1n) is 5.56. The van der Waals surface area contributed by atoms with Crippen LogP contribution in [0.25, 0.3) is 0 Å². The summed E-state index contributed by atoms with van der Waals surface area (Å²) in [5.74, 6) is 0.374. The predicted molar refractivity (Wildman–Crippen MR) is 75.6 cm³/mol. The number of aliphatic hydroxyl groups is 1. The number of nitrogens with zero attached hydrogens (tertiary/aromatic N) is 1. The van der Waals surface area contributed by atoms with Crippen LogP contribution in [0, 0.1) is 9.49 Å². The molecule has 0 aromatic heterocycles. The molecule has 2 unspecified atom stereocenters. The zero-order valence-corrected chi connectivity index (χ0v) is 11.5. The van der Waals surface area contributed by atoms with Crippen molar-refractivity contribution in [3.05, 3.63) is 21.8 Å². The van der Waals surface area contributed by atoms with E-state index >= 15 is 0 Å². The second-order valence-corrected chi connectivity index (χ2v) is 5.68. The third-order valence-corrected chi connectivity index (χ3v) is 3.91. The molecule has 0 aliphatic carbocycles. The Morgan fingerprint density at radius 3 is 2.88 bits per heavy atom. The summed E-state index contributed by atoms with van der Waals surface area (Å²) in [6.45, 7) is 3.76. The molecule has 0 saturated carbocycles. The maximum absolute atomic E-state index is 9.57. The van der Waals surface area contributed by atoms with E-state index in [9.17, 15) is 5.11 Å². The molecule has 3 nitrogen and oxygen atoms in total. The lowest BCUT2D eigenvalue weighted by Gasteiger charge is -2.21. The highest BCUT2D eigenvalue weighted by Crippen LogP contribution is 2.30. The maximum atomic E-state index is 9.57. The van der Waals surface area contributed by atoms with Gasteiger partial charge in [-0.3, -0.25) is 0 Å². The Morgan fingerprint density at radius 2 is 2.31 bits per heavy atom. The zero-order chi connectivity index (χ0) is 11.7. The smallest absolute Gasteiger partial charge is 0.0600 e. The second kappa shape index (κ2) is 4.79. The van der Waals surface area contributed by atoms with Crippen molar-refractivity contribution >= 4 is 34.0 Å². The van der Waals surface area contributed by atoms with Gasteiger partial charge < -0.3 is 15.7 Å². The van der Waals surface area contributed by atoms with Crippen molar-refractivity contribution in [3.8, 4) is 0 Å². The minimum Gasteiger partial charge on any atom is -0.397 e. The number of anilines is 2. The average molecular weight is 332 g/mol. The predicted octanol–water partition coefficient (Wildman–Crippen LogP) is 2.08. The Bertz CT molecular complexity index is 381. The molecular weight excluding hydrogens is 315 g/mol. The molecule has 1 aliphatic rings. The molecule has 2 atom stereocenters. The molecule has 4 heteroatoms. The maximum Gasteiger partial charge on any atom is 0.0600 e. The summed E-state index contributed by atoms with van der Waals surface area (Å²) < 4.78 is 1.16. The van der Waals surface area contributed by atoms with Crippen molar-refractivity contribution in [2.24, 2.45) is 5.92 Å². The second-order valence-electron chi connectivity index (χ2n) is 4.44. The molecule has 0 spiro atoms. The largest absolute Gasteiger partial charge is 0.397 e. The monoisotopic (exact) mass is 332 g/mol. The van der Waals surface area contributed by atoms with Gasteiger partial charge in [-0.25, -0.2) is 0 Å². The van der Waals surface area contributed by atoms with Crippen LogP contribution in [-0.4, -0.2) is 24.3 Å². The molecule has 1 heterocycles. The van der Waals surface area contributed by atoms with Gasteiger partial charge in [0.25, 0.3) is 0 Å². The fraction of sp³-hybridized carbons (Fsp3) is 0.500. The van der Waals surface area contributed by atoms with E-state index in [0.717, 1.165) is 34.5 Å². The third-order valence-electron chi connectivity index (χ3n) is 3.24. The summed E-state index contributed by atoms with van der Waals surface area (Å²) in [5.41, 5.74) is 7.95. The van der Waals surface area contributed by atoms with E-state index in [4.69, 9.17) is 5.73 Å². The summed E-state index contributed by atoms with van der Waals surface area (Å²) >= 11 is 2.26. The van der Waals surface area contributed by atoms with Crippen molar-refractivity contribution in [2.75, 3.05) is 23.7 Å². The topological polar surface area (TPSA) is 49.5 Å². The van der Waals surface area contributed by atoms with Crippen LogP contribution in [0.3, 0.4) is 0 Å². The summed E-state index contributed by atoms with van der Waals surface area (Å²) in [4.78, 5) is 2.27. The quantitative estimate of drug-likeness (QED) is 0.644. The molecule has 1 aromatic carbocycles. The Balaban J connectivity index is 2.14. The summed E-state index contributed by atoms with van der Waals surface area (Å²) in [5, 5.41) is 9.57. The van der Waals surface area contributed by atoms with Crippen LogP contribution in [0.4, 0.5) is 11.4 Å². The number of halogens is 1. The summed E-state index contributed by atoms with van der Waals surface area (Å²) in [6.07, 6.45) is 0.818. The van der Waals surface area contributed by atoms with Gasteiger partial charge in [0.15, 0.2) is 0 Å². The molecule has 0 radical (unpaired) electrons. The highest BCUT2D eigenvalue weighted by atomic mass is 127. The van der Waals surface area contributed by atoms with Gasteiger partial charge in [0.05, 0.1) is 17.5 Å². The summed E-state index contributed by atoms with van der Waals surface area (Å²) in [7, 11) is 0. The highest BCUT2D eigenvalue weighted by molar-refractivity contribution is 14.1. The van der Waals surface area contributed by atoms with Crippen LogP contribution >= 0.6 is 22.6 Å². The molecule has 88 valence electrons. The Hall–Kier alpha value is -0.490. The first kappa shape index (κ1) is 12.0. The molecule has 3 N–H and O–H groups in total. The van der Waals surface area contributed by atoms with Gasteiger partial charge >= 0.3 is 0 Å². The molecular formula is C12H17IN2O. The molecule has 1 aromatic rings. The standard InChI is InChI=1S/C12H17IN2O/c1-8(16)9-4-5-15(7-9)12-3-2-10(13)6-11(12)14/h2-3,6,8-9,16H,4-5,7,14H2,1H3. The van der Waals surface area contributed by atoms with Gasteiger partial charge in [-0.2, -0.15) is 0 Å². The van der Waals surface area contributed by atoms with E-state index in [2.05, 4.69) is 39.6 Å². The normalized spacial score (nSPS) is 22.4. The Labute approximate surface area is 110 Å². The average Bonchev–Trinajstić information content (AvgIpc) is 2.66. The number of hydrogen-bond donors (Lipinski definition) is 2. The summed E-state index contributed by atoms with van der Waals surface area (Å²) in [6, 6.07) is 6.13. The molecule has 1 fully saturated rings. The van der Waals surface area contributed by atoms with Crippen molar-refractivity contribution in [1.29, 1.82) is 0 Å². The number of rotatable bonds is 2. The first-order chi connectivity index (χ1) is 7.58. The van der Waals surface area contributed by atoms with Gasteiger partial charge in [0.1, 0.15) is 0 Å². The van der Waals surface area contributed by atoms with E-state index < -0.39 is 0 Å². The van der Waals surface area contributed by atoms with Gasteiger partial charge in [0.2, 0.25) is 0 Å². The van der Waals surface area contributed by atoms with Crippen LogP contribution in [0.15, 0.2) is 18.2 Å². The number of hydrogen-bond acceptors (Lipinski definition) is 3. The van der Waals surface area contributed by atoms with Gasteiger partial charge in [0, 0.05) is 22.6 Å². The lowest BCUT2D eigenvalue weighted by Crippen LogP contribution is -2.24. The molecule has 1 aliphatic heterocycles. The third kappa shape index (κ3) is 2.43. The fourth-order valence-corrected chi connectivity index (χ4v) is 2.73. The molecule has 1 saturated heterocycles. The lowest BCUT2D eigenvalue weighted by molar-refractivity contribution is 0.136. The van der Waals surface area contributed by atoms with E-state index in [-0.39, 0.29) is 6.10 Å². The van der Waals surface area contributed by atoms with Crippen LogP contribution in [-0.2, 0) is 0 Å². The first-order valence-corrected chi connectivity index (χ1v) is 6.64. The van der Waals surface area contributed by atoms with Crippen LogP contribution in [0.2, 0.25) is 0 Å². The molecule has 0 bridgehead atoms. The van der Waals surface area contributed by atoms with Crippen molar-refractivity contribution < 1.29 is 5.11 Å². The Morgan fingerprint density at radius 1 is 1.56 bits per heavy atom. The molecule has 16 heavy (non-hydrogen) atoms. The van der Waals surface area contributed by atoms with E-state index in [1.54, 1.807) is 0 Å².